The first-order valence-electron chi connectivity index (χ1n) is 6.38. The zero-order chi connectivity index (χ0) is 12.5. The van der Waals surface area contributed by atoms with E-state index in [0.717, 1.165) is 11.1 Å². The average molecular weight is 242 g/mol. The van der Waals surface area contributed by atoms with Gasteiger partial charge in [-0.2, -0.15) is 5.10 Å². The fraction of sp³-hybridized carbons (Fsp3) is 0.357. The second kappa shape index (κ2) is 4.37. The van der Waals surface area contributed by atoms with Crippen molar-refractivity contribution in [3.8, 4) is 11.1 Å². The van der Waals surface area contributed by atoms with Crippen LogP contribution in [-0.2, 0) is 7.05 Å². The molecule has 2 heterocycles. The summed E-state index contributed by atoms with van der Waals surface area (Å²) in [5, 5.41) is 4.17. The molecular weight excluding hydrogens is 224 g/mol. The molecule has 1 aromatic heterocycles. The lowest BCUT2D eigenvalue weighted by molar-refractivity contribution is 0.779. The molecule has 1 fully saturated rings. The molecule has 4 heteroatoms. The molecule has 1 aliphatic heterocycles. The van der Waals surface area contributed by atoms with Crippen LogP contribution in [0, 0.1) is 0 Å². The van der Waals surface area contributed by atoms with Gasteiger partial charge in [0.2, 0.25) is 0 Å². The topological polar surface area (TPSA) is 47.1 Å². The van der Waals surface area contributed by atoms with Gasteiger partial charge in [0.25, 0.3) is 0 Å². The number of nitrogens with zero attached hydrogens (tertiary/aromatic N) is 3. The van der Waals surface area contributed by atoms with Crippen LogP contribution in [0.2, 0.25) is 0 Å². The van der Waals surface area contributed by atoms with Gasteiger partial charge in [-0.05, 0) is 30.5 Å². The molecular formula is C14H18N4. The minimum absolute atomic E-state index is 0.712. The van der Waals surface area contributed by atoms with E-state index in [2.05, 4.69) is 34.3 Å². The lowest BCUT2D eigenvalue weighted by atomic mass is 10.1. The second-order valence-corrected chi connectivity index (χ2v) is 4.81. The number of aryl methyl sites for hydroxylation is 1. The van der Waals surface area contributed by atoms with Crippen LogP contribution in [0.3, 0.4) is 0 Å². The molecule has 2 N–H and O–H groups in total. The molecule has 0 amide bonds. The maximum atomic E-state index is 5.98. The first-order chi connectivity index (χ1) is 8.75. The molecule has 0 aliphatic carbocycles. The van der Waals surface area contributed by atoms with Crippen molar-refractivity contribution in [1.29, 1.82) is 0 Å². The van der Waals surface area contributed by atoms with Crippen LogP contribution in [0.5, 0.6) is 0 Å². The largest absolute Gasteiger partial charge is 0.383 e. The number of aromatic nitrogens is 2. The van der Waals surface area contributed by atoms with Crippen molar-refractivity contribution in [3.05, 3.63) is 30.5 Å². The molecule has 18 heavy (non-hydrogen) atoms. The van der Waals surface area contributed by atoms with E-state index in [4.69, 9.17) is 5.73 Å². The summed E-state index contributed by atoms with van der Waals surface area (Å²) < 4.78 is 1.70. The first-order valence-corrected chi connectivity index (χ1v) is 6.38. The maximum Gasteiger partial charge on any atom is 0.129 e. The Hall–Kier alpha value is -1.97. The van der Waals surface area contributed by atoms with Gasteiger partial charge in [-0.1, -0.05) is 12.1 Å². The smallest absolute Gasteiger partial charge is 0.129 e. The fourth-order valence-electron chi connectivity index (χ4n) is 2.50. The first kappa shape index (κ1) is 11.1. The maximum absolute atomic E-state index is 5.98. The van der Waals surface area contributed by atoms with Crippen molar-refractivity contribution in [2.24, 2.45) is 7.05 Å². The Morgan fingerprint density at radius 1 is 1.11 bits per heavy atom. The van der Waals surface area contributed by atoms with Crippen LogP contribution in [0.25, 0.3) is 11.1 Å². The number of nitrogens with two attached hydrogens (primary N) is 1. The Morgan fingerprint density at radius 3 is 2.33 bits per heavy atom. The molecule has 4 nitrogen and oxygen atoms in total. The second-order valence-electron chi connectivity index (χ2n) is 4.81. The van der Waals surface area contributed by atoms with E-state index in [0.29, 0.717) is 5.82 Å². The van der Waals surface area contributed by atoms with Crippen molar-refractivity contribution in [2.45, 2.75) is 12.8 Å². The summed E-state index contributed by atoms with van der Waals surface area (Å²) >= 11 is 0. The van der Waals surface area contributed by atoms with Gasteiger partial charge in [0.05, 0.1) is 6.20 Å². The molecule has 3 rings (SSSR count). The van der Waals surface area contributed by atoms with E-state index in [-0.39, 0.29) is 0 Å². The third kappa shape index (κ3) is 1.83. The van der Waals surface area contributed by atoms with Gasteiger partial charge in [0.1, 0.15) is 5.82 Å². The Balaban J connectivity index is 1.88. The molecule has 1 saturated heterocycles. The number of rotatable bonds is 2. The number of hydrogen-bond donors (Lipinski definition) is 1. The Labute approximate surface area is 107 Å². The number of nitrogen functional groups attached to an aromatic ring is 1. The number of hydrogen-bond acceptors (Lipinski definition) is 3. The third-order valence-electron chi connectivity index (χ3n) is 3.63. The molecule has 0 saturated carbocycles. The summed E-state index contributed by atoms with van der Waals surface area (Å²) in [4.78, 5) is 2.43. The molecule has 0 atom stereocenters. The van der Waals surface area contributed by atoms with Gasteiger partial charge in [-0.15, -0.1) is 0 Å². The molecule has 2 aromatic rings. The molecule has 0 unspecified atom stereocenters. The highest BCUT2D eigenvalue weighted by Gasteiger charge is 2.13. The van der Waals surface area contributed by atoms with Crippen LogP contribution in [0.15, 0.2) is 30.5 Å². The summed E-state index contributed by atoms with van der Waals surface area (Å²) in [6.07, 6.45) is 4.43. The Morgan fingerprint density at radius 2 is 1.78 bits per heavy atom. The molecule has 0 bridgehead atoms. The van der Waals surface area contributed by atoms with E-state index >= 15 is 0 Å². The minimum atomic E-state index is 0.712. The van der Waals surface area contributed by atoms with Crippen LogP contribution >= 0.6 is 0 Å². The predicted octanol–water partition coefficient (Wildman–Crippen LogP) is 2.27. The zero-order valence-corrected chi connectivity index (χ0v) is 10.6. The standard InChI is InChI=1S/C14H18N4/c1-17-14(15)13(10-16-17)11-4-6-12(7-5-11)18-8-2-3-9-18/h4-7,10H,2-3,8-9,15H2,1H3. The minimum Gasteiger partial charge on any atom is -0.383 e. The molecule has 1 aliphatic rings. The van der Waals surface area contributed by atoms with Crippen LogP contribution in [0.1, 0.15) is 12.8 Å². The summed E-state index contributed by atoms with van der Waals surface area (Å²) in [5.41, 5.74) is 9.42. The summed E-state index contributed by atoms with van der Waals surface area (Å²) in [6.45, 7) is 2.35. The predicted molar refractivity (Wildman–Crippen MR) is 74.5 cm³/mol. The van der Waals surface area contributed by atoms with E-state index < -0.39 is 0 Å². The summed E-state index contributed by atoms with van der Waals surface area (Å²) in [5.74, 6) is 0.712. The SMILES string of the molecule is Cn1ncc(-c2ccc(N3CCCC3)cc2)c1N. The van der Waals surface area contributed by atoms with E-state index in [1.807, 2.05) is 13.2 Å². The zero-order valence-electron chi connectivity index (χ0n) is 10.6. The molecule has 94 valence electrons. The van der Waals surface area contributed by atoms with Gasteiger partial charge in [-0.25, -0.2) is 0 Å². The van der Waals surface area contributed by atoms with Gasteiger partial charge in [-0.3, -0.25) is 4.68 Å². The van der Waals surface area contributed by atoms with Gasteiger partial charge in [0, 0.05) is 31.4 Å². The van der Waals surface area contributed by atoms with Crippen molar-refractivity contribution in [2.75, 3.05) is 23.7 Å². The van der Waals surface area contributed by atoms with Gasteiger partial charge < -0.3 is 10.6 Å². The van der Waals surface area contributed by atoms with Gasteiger partial charge in [0.15, 0.2) is 0 Å². The van der Waals surface area contributed by atoms with Crippen LogP contribution in [0.4, 0.5) is 11.5 Å². The lowest BCUT2D eigenvalue weighted by Crippen LogP contribution is -2.17. The van der Waals surface area contributed by atoms with Gasteiger partial charge >= 0.3 is 0 Å². The Kier molecular flexibility index (Phi) is 2.70. The molecule has 1 aromatic carbocycles. The summed E-state index contributed by atoms with van der Waals surface area (Å²) in [7, 11) is 1.86. The van der Waals surface area contributed by atoms with Crippen molar-refractivity contribution < 1.29 is 0 Å². The monoisotopic (exact) mass is 242 g/mol. The average Bonchev–Trinajstić information content (AvgIpc) is 3.02. The van der Waals surface area contributed by atoms with E-state index in [9.17, 15) is 0 Å². The van der Waals surface area contributed by atoms with Crippen molar-refractivity contribution in [1.82, 2.24) is 9.78 Å². The lowest BCUT2D eigenvalue weighted by Gasteiger charge is -2.17. The van der Waals surface area contributed by atoms with E-state index in [1.165, 1.54) is 31.6 Å². The van der Waals surface area contributed by atoms with Crippen molar-refractivity contribution in [3.63, 3.8) is 0 Å². The number of benzene rings is 1. The van der Waals surface area contributed by atoms with Crippen LogP contribution < -0.4 is 10.6 Å². The van der Waals surface area contributed by atoms with Crippen LogP contribution in [-0.4, -0.2) is 22.9 Å². The highest BCUT2D eigenvalue weighted by molar-refractivity contribution is 5.74. The number of anilines is 2. The quantitative estimate of drug-likeness (QED) is 0.878. The third-order valence-corrected chi connectivity index (χ3v) is 3.63. The molecule has 0 radical (unpaired) electrons. The van der Waals surface area contributed by atoms with E-state index in [1.54, 1.807) is 4.68 Å². The van der Waals surface area contributed by atoms with Crippen molar-refractivity contribution >= 4 is 11.5 Å². The molecule has 0 spiro atoms. The fourth-order valence-corrected chi connectivity index (χ4v) is 2.50. The Bertz CT molecular complexity index is 535. The summed E-state index contributed by atoms with van der Waals surface area (Å²) in [6, 6.07) is 8.60. The normalized spacial score (nSPS) is 15.3. The highest BCUT2D eigenvalue weighted by atomic mass is 15.3. The highest BCUT2D eigenvalue weighted by Crippen LogP contribution is 2.28.